The number of aromatic hydroxyl groups is 1. The Kier molecular flexibility index (Phi) is 4.76. The lowest BCUT2D eigenvalue weighted by Gasteiger charge is -2.07. The molecule has 31 heavy (non-hydrogen) atoms. The lowest BCUT2D eigenvalue weighted by molar-refractivity contribution is -0.735. The molecule has 154 valence electrons. The standard InChI is InChI=1S/C20H12N4O7/c25-19-11(7-13(23(27)28)9-16(19)24(29)30)10-21-12-5-6-17-14(8-12)20(26)22-15-3-1-2-4-18(15)31-17/h1-10H,(H2-2,21,22,25,26,27,28,29,30)/p+2. The Bertz CT molecular complexity index is 1290. The fourth-order valence-electron chi connectivity index (χ4n) is 2.96. The van der Waals surface area contributed by atoms with Crippen molar-refractivity contribution in [3.63, 3.8) is 0 Å². The number of hydrogen-bond acceptors (Lipinski definition) is 6. The first-order valence-corrected chi connectivity index (χ1v) is 8.79. The molecule has 1 aliphatic rings. The summed E-state index contributed by atoms with van der Waals surface area (Å²) in [5.41, 5.74) is -0.203. The van der Waals surface area contributed by atoms with E-state index in [-0.39, 0.29) is 11.1 Å². The van der Waals surface area contributed by atoms with E-state index >= 15 is 0 Å². The second-order valence-corrected chi connectivity index (χ2v) is 6.44. The van der Waals surface area contributed by atoms with Gasteiger partial charge in [-0.3, -0.25) is 9.79 Å². The van der Waals surface area contributed by atoms with E-state index in [1.807, 2.05) is 0 Å². The summed E-state index contributed by atoms with van der Waals surface area (Å²) in [7, 11) is 0. The van der Waals surface area contributed by atoms with Crippen molar-refractivity contribution in [2.75, 3.05) is 5.32 Å². The lowest BCUT2D eigenvalue weighted by Crippen LogP contribution is -2.10. The van der Waals surface area contributed by atoms with Crippen LogP contribution in [0.15, 0.2) is 59.6 Å². The molecule has 0 saturated carbocycles. The largest absolute Gasteiger partial charge is 0.502 e. The molecule has 4 N–H and O–H groups in total. The van der Waals surface area contributed by atoms with E-state index in [0.29, 0.717) is 22.9 Å². The van der Waals surface area contributed by atoms with Crippen LogP contribution in [-0.2, 0) is 0 Å². The van der Waals surface area contributed by atoms with Gasteiger partial charge >= 0.3 is 11.4 Å². The number of aliphatic imine (C=N–C) groups is 1. The molecule has 0 aromatic heterocycles. The van der Waals surface area contributed by atoms with Gasteiger partial charge in [-0.15, -0.1) is 0 Å². The molecule has 11 heteroatoms. The van der Waals surface area contributed by atoms with Gasteiger partial charge in [0, 0.05) is 17.8 Å². The van der Waals surface area contributed by atoms with Gasteiger partial charge in [0.05, 0.1) is 26.8 Å². The number of anilines is 1. The SMILES string of the molecule is O=C1Nc2ccccc2Oc2ccc(/N=C/c3cc([N+](=O)O)cc([N+](=O)O)c3O)cc21. The molecule has 1 aliphatic heterocycles. The van der Waals surface area contributed by atoms with Crippen LogP contribution < -0.4 is 10.1 Å². The van der Waals surface area contributed by atoms with Gasteiger partial charge < -0.3 is 15.2 Å². The molecule has 4 rings (SSSR count). The van der Waals surface area contributed by atoms with Crippen molar-refractivity contribution < 1.29 is 34.9 Å². The number of nitrogens with zero attached hydrogens (tertiary/aromatic N) is 3. The average Bonchev–Trinajstić information content (AvgIpc) is 2.88. The Hall–Kier alpha value is -4.80. The summed E-state index contributed by atoms with van der Waals surface area (Å²) in [5, 5.41) is 31.1. The summed E-state index contributed by atoms with van der Waals surface area (Å²) in [6.07, 6.45) is 1.10. The van der Waals surface area contributed by atoms with Crippen molar-refractivity contribution in [3.05, 3.63) is 75.5 Å². The lowest BCUT2D eigenvalue weighted by atomic mass is 10.1. The van der Waals surface area contributed by atoms with E-state index in [1.165, 1.54) is 6.07 Å². The first-order valence-electron chi connectivity index (χ1n) is 8.79. The number of phenols is 1. The van der Waals surface area contributed by atoms with Gasteiger partial charge in [0.1, 0.15) is 11.8 Å². The molecular formula is C20H14N4O7+2. The number of ether oxygens (including phenoxy) is 1. The second-order valence-electron chi connectivity index (χ2n) is 6.44. The predicted octanol–water partition coefficient (Wildman–Crippen LogP) is 4.10. The minimum absolute atomic E-state index is 0.139. The van der Waals surface area contributed by atoms with Crippen molar-refractivity contribution in [2.45, 2.75) is 0 Å². The zero-order valence-electron chi connectivity index (χ0n) is 15.6. The molecule has 0 spiro atoms. The highest BCUT2D eigenvalue weighted by Crippen LogP contribution is 2.37. The van der Waals surface area contributed by atoms with Gasteiger partial charge in [0.15, 0.2) is 5.75 Å². The van der Waals surface area contributed by atoms with Crippen LogP contribution in [0.4, 0.5) is 22.7 Å². The summed E-state index contributed by atoms with van der Waals surface area (Å²) >= 11 is 0. The van der Waals surface area contributed by atoms with E-state index in [2.05, 4.69) is 10.3 Å². The fraction of sp³-hybridized carbons (Fsp3) is 0. The first-order chi connectivity index (χ1) is 14.8. The average molecular weight is 422 g/mol. The van der Waals surface area contributed by atoms with Gasteiger partial charge in [0.2, 0.25) is 5.75 Å². The number of hydrogen-bond donors (Lipinski definition) is 4. The number of nitrogens with one attached hydrogen (secondary N) is 1. The Morgan fingerprint density at radius 3 is 2.48 bits per heavy atom. The van der Waals surface area contributed by atoms with Crippen LogP contribution in [0.25, 0.3) is 0 Å². The minimum Gasteiger partial charge on any atom is -0.502 e. The van der Waals surface area contributed by atoms with Gasteiger partial charge in [-0.25, -0.2) is 10.4 Å². The van der Waals surface area contributed by atoms with E-state index in [0.717, 1.165) is 18.3 Å². The topological polar surface area (TPSA) is 152 Å². The highest BCUT2D eigenvalue weighted by atomic mass is 16.6. The van der Waals surface area contributed by atoms with Crippen LogP contribution in [-0.4, -0.2) is 37.5 Å². The highest BCUT2D eigenvalue weighted by molar-refractivity contribution is 6.08. The van der Waals surface area contributed by atoms with E-state index in [4.69, 9.17) is 15.2 Å². The van der Waals surface area contributed by atoms with Gasteiger partial charge in [-0.05, 0) is 30.3 Å². The molecule has 3 aromatic rings. The van der Waals surface area contributed by atoms with Crippen LogP contribution in [0.5, 0.6) is 17.2 Å². The summed E-state index contributed by atoms with van der Waals surface area (Å²) in [6.45, 7) is 0. The fourth-order valence-corrected chi connectivity index (χ4v) is 2.96. The first kappa shape index (κ1) is 19.5. The van der Waals surface area contributed by atoms with Gasteiger partial charge in [0.25, 0.3) is 15.8 Å². The molecule has 11 nitrogen and oxygen atoms in total. The summed E-state index contributed by atoms with van der Waals surface area (Å²) in [4.78, 5) is 37.9. The normalized spacial score (nSPS) is 12.3. The molecule has 1 heterocycles. The molecule has 0 fully saturated rings. The van der Waals surface area contributed by atoms with Crippen LogP contribution >= 0.6 is 0 Å². The van der Waals surface area contributed by atoms with E-state index in [9.17, 15) is 19.7 Å². The van der Waals surface area contributed by atoms with Gasteiger partial charge in [-0.2, -0.15) is 0 Å². The number of phenolic OH excluding ortho intramolecular Hbond substituents is 1. The molecule has 0 aliphatic carbocycles. The van der Waals surface area contributed by atoms with Crippen LogP contribution in [0.2, 0.25) is 0 Å². The number of carbonyl (C=O) groups excluding carboxylic acids is 1. The maximum Gasteiger partial charge on any atom is 0.365 e. The summed E-state index contributed by atoms with van der Waals surface area (Å²) < 4.78 is 5.78. The molecule has 3 aromatic carbocycles. The third-order valence-corrected chi connectivity index (χ3v) is 4.45. The number of fused-ring (bicyclic) bond motifs is 2. The summed E-state index contributed by atoms with van der Waals surface area (Å²) in [5.74, 6) is -0.276. The molecule has 0 saturated heterocycles. The Balaban J connectivity index is 1.70. The number of rotatable bonds is 4. The number of para-hydroxylation sites is 2. The smallest absolute Gasteiger partial charge is 0.365 e. The second kappa shape index (κ2) is 7.55. The number of amides is 1. The maximum absolute atomic E-state index is 12.6. The number of carbonyl (C=O) groups is 1. The van der Waals surface area contributed by atoms with Crippen molar-refractivity contribution in [1.82, 2.24) is 0 Å². The van der Waals surface area contributed by atoms with Crippen molar-refractivity contribution >= 4 is 34.9 Å². The quantitative estimate of drug-likeness (QED) is 0.365. The zero-order chi connectivity index (χ0) is 22.1. The predicted molar refractivity (Wildman–Crippen MR) is 106 cm³/mol. The molecule has 0 radical (unpaired) electrons. The van der Waals surface area contributed by atoms with E-state index < -0.39 is 32.9 Å². The molecular weight excluding hydrogens is 408 g/mol. The van der Waals surface area contributed by atoms with E-state index in [1.54, 1.807) is 36.4 Å². The van der Waals surface area contributed by atoms with Crippen molar-refractivity contribution in [3.8, 4) is 17.2 Å². The zero-order valence-corrected chi connectivity index (χ0v) is 15.6. The van der Waals surface area contributed by atoms with Crippen LogP contribution in [0.3, 0.4) is 0 Å². The maximum atomic E-state index is 12.6. The Labute approximate surface area is 173 Å². The minimum atomic E-state index is -0.668. The Morgan fingerprint density at radius 1 is 0.968 bits per heavy atom. The monoisotopic (exact) mass is 422 g/mol. The molecule has 0 unspecified atom stereocenters. The molecule has 1 amide bonds. The molecule has 0 bridgehead atoms. The Morgan fingerprint density at radius 2 is 1.74 bits per heavy atom. The third kappa shape index (κ3) is 3.74. The van der Waals surface area contributed by atoms with Crippen LogP contribution in [0, 0.1) is 9.81 Å². The van der Waals surface area contributed by atoms with Crippen molar-refractivity contribution in [1.29, 1.82) is 0 Å². The van der Waals surface area contributed by atoms with Gasteiger partial charge in [-0.1, -0.05) is 12.1 Å². The van der Waals surface area contributed by atoms with Crippen LogP contribution in [0.1, 0.15) is 15.9 Å². The third-order valence-electron chi connectivity index (χ3n) is 4.45. The summed E-state index contributed by atoms with van der Waals surface area (Å²) in [6, 6.07) is 13.3. The highest BCUT2D eigenvalue weighted by Gasteiger charge is 2.28. The van der Waals surface area contributed by atoms with Crippen molar-refractivity contribution in [2.24, 2.45) is 4.99 Å². The number of benzene rings is 3. The molecule has 0 atom stereocenters.